The van der Waals surface area contributed by atoms with Crippen LogP contribution in [0.3, 0.4) is 0 Å². The third-order valence-corrected chi connectivity index (χ3v) is 3.13. The summed E-state index contributed by atoms with van der Waals surface area (Å²) in [7, 11) is 1.99. The minimum atomic E-state index is -0.0787. The Morgan fingerprint density at radius 2 is 2.12 bits per heavy atom. The van der Waals surface area contributed by atoms with E-state index in [0.29, 0.717) is 6.54 Å². The molecule has 1 amide bonds. The number of benzene rings is 1. The van der Waals surface area contributed by atoms with Crippen LogP contribution in [0.15, 0.2) is 24.3 Å². The molecular weight excluding hydrogens is 214 g/mol. The molecule has 0 bridgehead atoms. The predicted octanol–water partition coefficient (Wildman–Crippen LogP) is 0.837. The van der Waals surface area contributed by atoms with Crippen molar-refractivity contribution < 1.29 is 4.79 Å². The molecule has 1 heterocycles. The summed E-state index contributed by atoms with van der Waals surface area (Å²) in [6.07, 6.45) is 0. The van der Waals surface area contributed by atoms with Crippen molar-refractivity contribution in [2.24, 2.45) is 0 Å². The lowest BCUT2D eigenvalue weighted by Gasteiger charge is -2.31. The molecule has 0 radical (unpaired) electrons. The SMILES string of the molecule is Cc1ccc(NC(=O)C2CNCCN2C)cc1. The zero-order chi connectivity index (χ0) is 12.3. The Kier molecular flexibility index (Phi) is 3.76. The zero-order valence-corrected chi connectivity index (χ0v) is 10.4. The maximum Gasteiger partial charge on any atom is 0.243 e. The number of carbonyl (C=O) groups is 1. The van der Waals surface area contributed by atoms with Crippen LogP contribution in [0.5, 0.6) is 0 Å². The zero-order valence-electron chi connectivity index (χ0n) is 10.4. The highest BCUT2D eigenvalue weighted by atomic mass is 16.2. The first-order chi connectivity index (χ1) is 8.16. The predicted molar refractivity (Wildman–Crippen MR) is 69.1 cm³/mol. The number of hydrogen-bond acceptors (Lipinski definition) is 3. The van der Waals surface area contributed by atoms with Crippen LogP contribution in [-0.4, -0.2) is 43.5 Å². The van der Waals surface area contributed by atoms with Crippen LogP contribution in [0.4, 0.5) is 5.69 Å². The average Bonchev–Trinajstić information content (AvgIpc) is 2.32. The Hall–Kier alpha value is -1.39. The van der Waals surface area contributed by atoms with E-state index in [1.807, 2.05) is 38.2 Å². The minimum Gasteiger partial charge on any atom is -0.325 e. The highest BCUT2D eigenvalue weighted by Crippen LogP contribution is 2.10. The number of amides is 1. The topological polar surface area (TPSA) is 44.4 Å². The van der Waals surface area contributed by atoms with Crippen LogP contribution in [-0.2, 0) is 4.79 Å². The van der Waals surface area contributed by atoms with Gasteiger partial charge in [-0.05, 0) is 26.1 Å². The molecule has 2 N–H and O–H groups in total. The molecule has 1 atom stereocenters. The van der Waals surface area contributed by atoms with Gasteiger partial charge in [-0.3, -0.25) is 9.69 Å². The Morgan fingerprint density at radius 1 is 1.41 bits per heavy atom. The van der Waals surface area contributed by atoms with Crippen LogP contribution in [0.2, 0.25) is 0 Å². The third kappa shape index (κ3) is 3.05. The Bertz CT molecular complexity index is 388. The van der Waals surface area contributed by atoms with E-state index >= 15 is 0 Å². The van der Waals surface area contributed by atoms with Gasteiger partial charge in [-0.1, -0.05) is 17.7 Å². The van der Waals surface area contributed by atoms with Crippen LogP contribution in [0, 0.1) is 6.92 Å². The number of likely N-dealkylation sites (N-methyl/N-ethyl adjacent to an activating group) is 1. The normalized spacial score (nSPS) is 21.2. The molecule has 17 heavy (non-hydrogen) atoms. The maximum atomic E-state index is 12.1. The standard InChI is InChI=1S/C13H19N3O/c1-10-3-5-11(6-4-10)15-13(17)12-9-14-7-8-16(12)2/h3-6,12,14H,7-9H2,1-2H3,(H,15,17). The van der Waals surface area contributed by atoms with E-state index in [1.54, 1.807) is 0 Å². The van der Waals surface area contributed by atoms with E-state index in [9.17, 15) is 4.79 Å². The molecule has 4 nitrogen and oxygen atoms in total. The van der Waals surface area contributed by atoms with E-state index < -0.39 is 0 Å². The average molecular weight is 233 g/mol. The highest BCUT2D eigenvalue weighted by molar-refractivity contribution is 5.95. The maximum absolute atomic E-state index is 12.1. The summed E-state index contributed by atoms with van der Waals surface area (Å²) in [6, 6.07) is 7.79. The number of nitrogens with zero attached hydrogens (tertiary/aromatic N) is 1. The van der Waals surface area contributed by atoms with Gasteiger partial charge in [0, 0.05) is 25.3 Å². The molecule has 0 aromatic heterocycles. The van der Waals surface area contributed by atoms with Gasteiger partial charge in [-0.15, -0.1) is 0 Å². The van der Waals surface area contributed by atoms with E-state index in [4.69, 9.17) is 0 Å². The third-order valence-electron chi connectivity index (χ3n) is 3.13. The monoisotopic (exact) mass is 233 g/mol. The first-order valence-corrected chi connectivity index (χ1v) is 5.95. The van der Waals surface area contributed by atoms with Gasteiger partial charge < -0.3 is 10.6 Å². The molecule has 2 rings (SSSR count). The van der Waals surface area contributed by atoms with Crippen molar-refractivity contribution in [2.75, 3.05) is 32.0 Å². The fraction of sp³-hybridized carbons (Fsp3) is 0.462. The van der Waals surface area contributed by atoms with Crippen LogP contribution < -0.4 is 10.6 Å². The number of aryl methyl sites for hydroxylation is 1. The number of carbonyl (C=O) groups excluding carboxylic acids is 1. The molecule has 4 heteroatoms. The summed E-state index contributed by atoms with van der Waals surface area (Å²) < 4.78 is 0. The fourth-order valence-electron chi connectivity index (χ4n) is 1.96. The first kappa shape index (κ1) is 12.1. The Balaban J connectivity index is 1.98. The lowest BCUT2D eigenvalue weighted by molar-refractivity contribution is -0.121. The molecule has 1 fully saturated rings. The molecule has 0 spiro atoms. The van der Waals surface area contributed by atoms with Gasteiger partial charge in [0.25, 0.3) is 0 Å². The lowest BCUT2D eigenvalue weighted by Crippen LogP contribution is -2.54. The number of hydrogen-bond donors (Lipinski definition) is 2. The van der Waals surface area contributed by atoms with Crippen molar-refractivity contribution in [3.63, 3.8) is 0 Å². The molecule has 1 aromatic carbocycles. The summed E-state index contributed by atoms with van der Waals surface area (Å²) in [5.41, 5.74) is 2.05. The van der Waals surface area contributed by atoms with Crippen molar-refractivity contribution in [3.8, 4) is 0 Å². The van der Waals surface area contributed by atoms with Gasteiger partial charge in [-0.2, -0.15) is 0 Å². The molecule has 1 saturated heterocycles. The molecule has 1 aliphatic rings. The second-order valence-corrected chi connectivity index (χ2v) is 4.56. The number of piperazine rings is 1. The second-order valence-electron chi connectivity index (χ2n) is 4.56. The molecule has 0 aliphatic carbocycles. The van der Waals surface area contributed by atoms with Gasteiger partial charge in [-0.25, -0.2) is 0 Å². The van der Waals surface area contributed by atoms with Crippen molar-refractivity contribution in [1.29, 1.82) is 0 Å². The van der Waals surface area contributed by atoms with E-state index in [2.05, 4.69) is 15.5 Å². The van der Waals surface area contributed by atoms with Crippen LogP contribution in [0.1, 0.15) is 5.56 Å². The van der Waals surface area contributed by atoms with Gasteiger partial charge >= 0.3 is 0 Å². The summed E-state index contributed by atoms with van der Waals surface area (Å²) in [5, 5.41) is 6.19. The van der Waals surface area contributed by atoms with Gasteiger partial charge in [0.05, 0.1) is 0 Å². The number of rotatable bonds is 2. The smallest absolute Gasteiger partial charge is 0.243 e. The molecule has 1 unspecified atom stereocenters. The molecule has 92 valence electrons. The summed E-state index contributed by atoms with van der Waals surface area (Å²) in [5.74, 6) is 0.0588. The molecule has 1 aromatic rings. The summed E-state index contributed by atoms with van der Waals surface area (Å²) in [6.45, 7) is 4.61. The highest BCUT2D eigenvalue weighted by Gasteiger charge is 2.25. The molecule has 1 aliphatic heterocycles. The fourth-order valence-corrected chi connectivity index (χ4v) is 1.96. The van der Waals surface area contributed by atoms with E-state index in [-0.39, 0.29) is 11.9 Å². The Labute approximate surface area is 102 Å². The quantitative estimate of drug-likeness (QED) is 0.795. The van der Waals surface area contributed by atoms with Crippen molar-refractivity contribution in [2.45, 2.75) is 13.0 Å². The van der Waals surface area contributed by atoms with Crippen molar-refractivity contribution in [1.82, 2.24) is 10.2 Å². The second kappa shape index (κ2) is 5.29. The van der Waals surface area contributed by atoms with Crippen molar-refractivity contribution >= 4 is 11.6 Å². The van der Waals surface area contributed by atoms with Gasteiger partial charge in [0.2, 0.25) is 5.91 Å². The van der Waals surface area contributed by atoms with Gasteiger partial charge in [0.1, 0.15) is 6.04 Å². The lowest BCUT2D eigenvalue weighted by atomic mass is 10.1. The summed E-state index contributed by atoms with van der Waals surface area (Å²) >= 11 is 0. The minimum absolute atomic E-state index is 0.0588. The van der Waals surface area contributed by atoms with Crippen LogP contribution >= 0.6 is 0 Å². The Morgan fingerprint density at radius 3 is 2.76 bits per heavy atom. The molecule has 0 saturated carbocycles. The van der Waals surface area contributed by atoms with E-state index in [1.165, 1.54) is 5.56 Å². The number of anilines is 1. The van der Waals surface area contributed by atoms with Gasteiger partial charge in [0.15, 0.2) is 0 Å². The first-order valence-electron chi connectivity index (χ1n) is 5.95. The van der Waals surface area contributed by atoms with E-state index in [0.717, 1.165) is 18.8 Å². The molecular formula is C13H19N3O. The number of nitrogens with one attached hydrogen (secondary N) is 2. The van der Waals surface area contributed by atoms with Crippen molar-refractivity contribution in [3.05, 3.63) is 29.8 Å². The largest absolute Gasteiger partial charge is 0.325 e. The van der Waals surface area contributed by atoms with Crippen LogP contribution in [0.25, 0.3) is 0 Å². The summed E-state index contributed by atoms with van der Waals surface area (Å²) in [4.78, 5) is 14.2.